The maximum atomic E-state index is 4.96. The molecule has 0 radical (unpaired) electrons. The molecule has 1 aliphatic heterocycles. The van der Waals surface area contributed by atoms with Gasteiger partial charge in [-0.2, -0.15) is 5.10 Å². The molecule has 37 heavy (non-hydrogen) atoms. The van der Waals surface area contributed by atoms with Crippen molar-refractivity contribution in [2.75, 3.05) is 0 Å². The van der Waals surface area contributed by atoms with Gasteiger partial charge in [0.15, 0.2) is 0 Å². The number of nitrogens with zero attached hydrogens (tertiary/aromatic N) is 2. The van der Waals surface area contributed by atoms with E-state index in [1.54, 1.807) is 0 Å². The van der Waals surface area contributed by atoms with E-state index in [-0.39, 0.29) is 21.7 Å². The van der Waals surface area contributed by atoms with Crippen LogP contribution in [0, 0.1) is 0 Å². The second-order valence-electron chi connectivity index (χ2n) is 14.0. The predicted octanol–water partition coefficient (Wildman–Crippen LogP) is 9.37. The first-order chi connectivity index (χ1) is 17.1. The van der Waals surface area contributed by atoms with Gasteiger partial charge in [-0.25, -0.2) is 4.68 Å². The van der Waals surface area contributed by atoms with E-state index in [1.807, 2.05) is 0 Å². The minimum Gasteiger partial charge on any atom is -0.236 e. The molecule has 5 rings (SSSR count). The average molecular weight is 491 g/mol. The number of fused-ring (bicyclic) bond motifs is 3. The summed E-state index contributed by atoms with van der Waals surface area (Å²) in [5.41, 5.74) is 11.6. The highest BCUT2D eigenvalue weighted by molar-refractivity contribution is 5.73. The Bertz CT molecular complexity index is 1450. The standard InChI is InChI=1S/C35H42N2/c1-32(2,3)26-16-11-23(12-17-26)25-15-20-30-29(21-25)34(7,8)35(9,10)31-28(22-36-37(30)31)24-13-18-27(19-14-24)33(4,5)6/h11-22H,1-10H3. The van der Waals surface area contributed by atoms with Crippen molar-refractivity contribution < 1.29 is 0 Å². The van der Waals surface area contributed by atoms with Crippen molar-refractivity contribution in [3.05, 3.63) is 95.3 Å². The fourth-order valence-corrected chi connectivity index (χ4v) is 5.69. The summed E-state index contributed by atoms with van der Waals surface area (Å²) in [6, 6.07) is 25.1. The third kappa shape index (κ3) is 4.06. The third-order valence-electron chi connectivity index (χ3n) is 8.97. The number of hydrogen-bond donors (Lipinski definition) is 0. The summed E-state index contributed by atoms with van der Waals surface area (Å²) in [5.74, 6) is 0. The monoisotopic (exact) mass is 490 g/mol. The van der Waals surface area contributed by atoms with Crippen molar-refractivity contribution in [3.8, 4) is 27.9 Å². The number of aromatic nitrogens is 2. The van der Waals surface area contributed by atoms with E-state index in [9.17, 15) is 0 Å². The summed E-state index contributed by atoms with van der Waals surface area (Å²) in [7, 11) is 0. The van der Waals surface area contributed by atoms with Gasteiger partial charge in [0, 0.05) is 16.4 Å². The lowest BCUT2D eigenvalue weighted by molar-refractivity contribution is 0.276. The maximum absolute atomic E-state index is 4.96. The zero-order chi connectivity index (χ0) is 27.0. The van der Waals surface area contributed by atoms with E-state index in [4.69, 9.17) is 5.10 Å². The zero-order valence-corrected chi connectivity index (χ0v) is 24.3. The van der Waals surface area contributed by atoms with Crippen LogP contribution in [-0.2, 0) is 21.7 Å². The molecule has 0 aliphatic carbocycles. The van der Waals surface area contributed by atoms with Gasteiger partial charge in [0.2, 0.25) is 0 Å². The van der Waals surface area contributed by atoms with Gasteiger partial charge in [0.05, 0.1) is 17.6 Å². The lowest BCUT2D eigenvalue weighted by atomic mass is 9.59. The quantitative estimate of drug-likeness (QED) is 0.274. The molecule has 0 unspecified atom stereocenters. The van der Waals surface area contributed by atoms with Crippen LogP contribution in [0.3, 0.4) is 0 Å². The minimum absolute atomic E-state index is 0.0835. The van der Waals surface area contributed by atoms with Gasteiger partial charge in [-0.1, -0.05) is 124 Å². The molecule has 0 saturated heterocycles. The molecule has 1 aromatic heterocycles. The second kappa shape index (κ2) is 8.18. The topological polar surface area (TPSA) is 17.8 Å². The van der Waals surface area contributed by atoms with Crippen LogP contribution in [0.25, 0.3) is 27.9 Å². The third-order valence-corrected chi connectivity index (χ3v) is 8.97. The van der Waals surface area contributed by atoms with Crippen LogP contribution in [0.15, 0.2) is 72.9 Å². The SMILES string of the molecule is CC(C)(C)c1ccc(-c2ccc3c(c2)C(C)(C)C(C)(C)c2c(-c4ccc(C(C)(C)C)cc4)cnn2-3)cc1. The van der Waals surface area contributed by atoms with Crippen molar-refractivity contribution in [2.24, 2.45) is 0 Å². The van der Waals surface area contributed by atoms with Crippen molar-refractivity contribution >= 4 is 0 Å². The Hall–Kier alpha value is -3.13. The Labute approximate surface area is 223 Å². The first kappa shape index (κ1) is 25.5. The lowest BCUT2D eigenvalue weighted by Crippen LogP contribution is -2.46. The maximum Gasteiger partial charge on any atom is 0.0687 e. The molecule has 0 N–H and O–H groups in total. The molecular formula is C35H42N2. The summed E-state index contributed by atoms with van der Waals surface area (Å²) in [6.07, 6.45) is 2.06. The van der Waals surface area contributed by atoms with Gasteiger partial charge in [-0.3, -0.25) is 0 Å². The van der Waals surface area contributed by atoms with Crippen LogP contribution >= 0.6 is 0 Å². The number of hydrogen-bond acceptors (Lipinski definition) is 1. The fraction of sp³-hybridized carbons (Fsp3) is 0.400. The predicted molar refractivity (Wildman–Crippen MR) is 158 cm³/mol. The van der Waals surface area contributed by atoms with E-state index >= 15 is 0 Å². The molecule has 0 atom stereocenters. The number of benzene rings is 3. The Balaban J connectivity index is 1.62. The van der Waals surface area contributed by atoms with Crippen LogP contribution in [-0.4, -0.2) is 9.78 Å². The molecular weight excluding hydrogens is 448 g/mol. The zero-order valence-electron chi connectivity index (χ0n) is 24.3. The van der Waals surface area contributed by atoms with Crippen LogP contribution in [0.4, 0.5) is 0 Å². The summed E-state index contributed by atoms with van der Waals surface area (Å²) in [4.78, 5) is 0. The van der Waals surface area contributed by atoms with Crippen molar-refractivity contribution in [1.82, 2.24) is 9.78 Å². The molecule has 4 aromatic rings. The lowest BCUT2D eigenvalue weighted by Gasteiger charge is -2.47. The van der Waals surface area contributed by atoms with Crippen LogP contribution in [0.5, 0.6) is 0 Å². The molecule has 2 nitrogen and oxygen atoms in total. The van der Waals surface area contributed by atoms with Crippen molar-refractivity contribution in [1.29, 1.82) is 0 Å². The van der Waals surface area contributed by atoms with Crippen LogP contribution < -0.4 is 0 Å². The van der Waals surface area contributed by atoms with E-state index in [1.165, 1.54) is 50.3 Å². The van der Waals surface area contributed by atoms with Gasteiger partial charge in [0.25, 0.3) is 0 Å². The largest absolute Gasteiger partial charge is 0.236 e. The summed E-state index contributed by atoms with van der Waals surface area (Å²) >= 11 is 0. The first-order valence-corrected chi connectivity index (χ1v) is 13.6. The highest BCUT2D eigenvalue weighted by Gasteiger charge is 2.48. The summed E-state index contributed by atoms with van der Waals surface area (Å²) < 4.78 is 2.19. The Kier molecular flexibility index (Phi) is 5.64. The Morgan fingerprint density at radius 2 is 1.08 bits per heavy atom. The molecule has 1 aliphatic rings. The molecule has 0 amide bonds. The minimum atomic E-state index is -0.122. The fourth-order valence-electron chi connectivity index (χ4n) is 5.69. The normalized spacial score (nSPS) is 16.3. The molecule has 2 heteroatoms. The van der Waals surface area contributed by atoms with Gasteiger partial charge >= 0.3 is 0 Å². The van der Waals surface area contributed by atoms with Gasteiger partial charge in [0.1, 0.15) is 0 Å². The van der Waals surface area contributed by atoms with E-state index in [2.05, 4.69) is 147 Å². The Morgan fingerprint density at radius 1 is 0.595 bits per heavy atom. The molecule has 0 saturated carbocycles. The van der Waals surface area contributed by atoms with Gasteiger partial charge in [-0.15, -0.1) is 0 Å². The van der Waals surface area contributed by atoms with Gasteiger partial charge < -0.3 is 0 Å². The summed E-state index contributed by atoms with van der Waals surface area (Å²) in [5, 5.41) is 4.96. The first-order valence-electron chi connectivity index (χ1n) is 13.6. The Morgan fingerprint density at radius 3 is 1.59 bits per heavy atom. The average Bonchev–Trinajstić information content (AvgIpc) is 3.28. The second-order valence-corrected chi connectivity index (χ2v) is 14.0. The van der Waals surface area contributed by atoms with Crippen molar-refractivity contribution in [3.63, 3.8) is 0 Å². The molecule has 0 bridgehead atoms. The smallest absolute Gasteiger partial charge is 0.0687 e. The van der Waals surface area contributed by atoms with E-state index in [0.717, 1.165) is 0 Å². The molecule has 2 heterocycles. The molecule has 3 aromatic carbocycles. The molecule has 192 valence electrons. The highest BCUT2D eigenvalue weighted by atomic mass is 15.3. The van der Waals surface area contributed by atoms with Crippen molar-refractivity contribution in [2.45, 2.75) is 90.9 Å². The van der Waals surface area contributed by atoms with Gasteiger partial charge in [-0.05, 0) is 56.3 Å². The summed E-state index contributed by atoms with van der Waals surface area (Å²) in [6.45, 7) is 23.1. The van der Waals surface area contributed by atoms with Crippen LogP contribution in [0.1, 0.15) is 91.6 Å². The van der Waals surface area contributed by atoms with E-state index < -0.39 is 0 Å². The molecule has 0 fully saturated rings. The highest BCUT2D eigenvalue weighted by Crippen LogP contribution is 2.53. The van der Waals surface area contributed by atoms with E-state index in [0.29, 0.717) is 0 Å². The van der Waals surface area contributed by atoms with Crippen LogP contribution in [0.2, 0.25) is 0 Å². The number of rotatable bonds is 2. The molecule has 0 spiro atoms.